The molecule has 0 fully saturated rings. The summed E-state index contributed by atoms with van der Waals surface area (Å²) in [6, 6.07) is 12.9. The Morgan fingerprint density at radius 1 is 1.17 bits per heavy atom. The number of esters is 1. The average Bonchev–Trinajstić information content (AvgIpc) is 2.55. The van der Waals surface area contributed by atoms with Gasteiger partial charge in [-0.05, 0) is 35.9 Å². The Kier molecular flexibility index (Phi) is 5.88. The maximum absolute atomic E-state index is 13.0. The van der Waals surface area contributed by atoms with E-state index in [1.807, 2.05) is 6.07 Å². The maximum atomic E-state index is 13.0. The Morgan fingerprint density at radius 3 is 2.61 bits per heavy atom. The lowest BCUT2D eigenvalue weighted by Gasteiger charge is -2.04. The fraction of sp³-hybridized carbons (Fsp3) is 0.0588. The summed E-state index contributed by atoms with van der Waals surface area (Å²) < 4.78 is 17.8. The lowest BCUT2D eigenvalue weighted by molar-refractivity contribution is -0.142. The van der Waals surface area contributed by atoms with Crippen molar-refractivity contribution in [3.63, 3.8) is 0 Å². The van der Waals surface area contributed by atoms with Gasteiger partial charge in [0.2, 0.25) is 0 Å². The topological polar surface area (TPSA) is 55.4 Å². The van der Waals surface area contributed by atoms with Gasteiger partial charge in [-0.1, -0.05) is 35.9 Å². The summed E-state index contributed by atoms with van der Waals surface area (Å²) in [6.45, 7) is -0.401. The number of anilines is 1. The van der Waals surface area contributed by atoms with Gasteiger partial charge < -0.3 is 10.1 Å². The third-order valence-electron chi connectivity index (χ3n) is 2.76. The van der Waals surface area contributed by atoms with Gasteiger partial charge in [0, 0.05) is 11.8 Å². The Hall–Kier alpha value is -2.66. The molecule has 118 valence electrons. The van der Waals surface area contributed by atoms with E-state index >= 15 is 0 Å². The van der Waals surface area contributed by atoms with Crippen molar-refractivity contribution in [2.24, 2.45) is 0 Å². The van der Waals surface area contributed by atoms with Gasteiger partial charge in [-0.25, -0.2) is 9.18 Å². The van der Waals surface area contributed by atoms with Crippen LogP contribution < -0.4 is 5.32 Å². The van der Waals surface area contributed by atoms with E-state index in [-0.39, 0.29) is 5.02 Å². The molecule has 0 saturated carbocycles. The molecule has 0 aliphatic heterocycles. The SMILES string of the molecule is O=C(COC(=O)/C=C/c1ccc(F)c(Cl)c1)Nc1ccccc1. The van der Waals surface area contributed by atoms with Gasteiger partial charge in [0.05, 0.1) is 5.02 Å². The number of halogens is 2. The minimum atomic E-state index is -0.686. The molecule has 0 aliphatic rings. The number of carbonyl (C=O) groups is 2. The third-order valence-corrected chi connectivity index (χ3v) is 3.05. The van der Waals surface area contributed by atoms with Crippen molar-refractivity contribution in [3.05, 3.63) is 71.0 Å². The molecule has 0 unspecified atom stereocenters. The zero-order chi connectivity index (χ0) is 16.7. The Balaban J connectivity index is 1.81. The van der Waals surface area contributed by atoms with E-state index in [2.05, 4.69) is 5.32 Å². The molecule has 6 heteroatoms. The van der Waals surface area contributed by atoms with E-state index in [1.54, 1.807) is 24.3 Å². The summed E-state index contributed by atoms with van der Waals surface area (Å²) >= 11 is 5.63. The number of hydrogen-bond donors (Lipinski definition) is 1. The lowest BCUT2D eigenvalue weighted by atomic mass is 10.2. The fourth-order valence-corrected chi connectivity index (χ4v) is 1.87. The molecule has 2 rings (SSSR count). The molecule has 0 heterocycles. The second-order valence-electron chi connectivity index (χ2n) is 4.53. The number of rotatable bonds is 5. The Labute approximate surface area is 137 Å². The van der Waals surface area contributed by atoms with Crippen molar-refractivity contribution in [3.8, 4) is 0 Å². The molecule has 0 bridgehead atoms. The van der Waals surface area contributed by atoms with Crippen LogP contribution in [0.2, 0.25) is 5.02 Å². The van der Waals surface area contributed by atoms with Crippen molar-refractivity contribution < 1.29 is 18.7 Å². The molecule has 0 aliphatic carbocycles. The summed E-state index contributed by atoms with van der Waals surface area (Å²) in [7, 11) is 0. The van der Waals surface area contributed by atoms with Crippen LogP contribution in [0.4, 0.5) is 10.1 Å². The second-order valence-corrected chi connectivity index (χ2v) is 4.94. The molecular formula is C17H13ClFNO3. The Morgan fingerprint density at radius 2 is 1.91 bits per heavy atom. The molecule has 0 spiro atoms. The van der Waals surface area contributed by atoms with Crippen LogP contribution in [0.15, 0.2) is 54.6 Å². The zero-order valence-electron chi connectivity index (χ0n) is 12.0. The van der Waals surface area contributed by atoms with E-state index in [0.29, 0.717) is 11.3 Å². The Bertz CT molecular complexity index is 732. The number of benzene rings is 2. The molecule has 0 saturated heterocycles. The highest BCUT2D eigenvalue weighted by atomic mass is 35.5. The molecule has 0 aromatic heterocycles. The first-order valence-corrected chi connectivity index (χ1v) is 7.07. The number of para-hydroxylation sites is 1. The van der Waals surface area contributed by atoms with Gasteiger partial charge >= 0.3 is 5.97 Å². The summed E-state index contributed by atoms with van der Waals surface area (Å²) in [4.78, 5) is 23.1. The van der Waals surface area contributed by atoms with Crippen molar-refractivity contribution in [2.45, 2.75) is 0 Å². The highest BCUT2D eigenvalue weighted by molar-refractivity contribution is 6.30. The number of nitrogens with one attached hydrogen (secondary N) is 1. The van der Waals surface area contributed by atoms with Gasteiger partial charge in [0.25, 0.3) is 5.91 Å². The van der Waals surface area contributed by atoms with Crippen LogP contribution in [0.1, 0.15) is 5.56 Å². The first-order chi connectivity index (χ1) is 11.0. The van der Waals surface area contributed by atoms with Gasteiger partial charge in [0.1, 0.15) is 5.82 Å². The minimum Gasteiger partial charge on any atom is -0.452 e. The number of amides is 1. The van der Waals surface area contributed by atoms with Crippen LogP contribution >= 0.6 is 11.6 Å². The monoisotopic (exact) mass is 333 g/mol. The van der Waals surface area contributed by atoms with E-state index in [1.165, 1.54) is 24.3 Å². The van der Waals surface area contributed by atoms with Crippen LogP contribution in [-0.2, 0) is 14.3 Å². The van der Waals surface area contributed by atoms with Crippen molar-refractivity contribution >= 4 is 35.2 Å². The van der Waals surface area contributed by atoms with Gasteiger partial charge in [-0.3, -0.25) is 4.79 Å². The van der Waals surface area contributed by atoms with Crippen LogP contribution in [0, 0.1) is 5.82 Å². The number of ether oxygens (including phenoxy) is 1. The molecule has 0 atom stereocenters. The normalized spacial score (nSPS) is 10.5. The van der Waals surface area contributed by atoms with E-state index in [4.69, 9.17) is 16.3 Å². The van der Waals surface area contributed by atoms with Gasteiger partial charge in [0.15, 0.2) is 6.61 Å². The zero-order valence-corrected chi connectivity index (χ0v) is 12.7. The van der Waals surface area contributed by atoms with Gasteiger partial charge in [-0.2, -0.15) is 0 Å². The fourth-order valence-electron chi connectivity index (χ4n) is 1.68. The molecule has 4 nitrogen and oxygen atoms in total. The molecular weight excluding hydrogens is 321 g/mol. The first kappa shape index (κ1) is 16.7. The molecule has 23 heavy (non-hydrogen) atoms. The number of carbonyl (C=O) groups excluding carboxylic acids is 2. The van der Waals surface area contributed by atoms with Crippen molar-refractivity contribution in [1.29, 1.82) is 0 Å². The third kappa shape index (κ3) is 5.56. The van der Waals surface area contributed by atoms with E-state index < -0.39 is 24.3 Å². The number of hydrogen-bond acceptors (Lipinski definition) is 3. The highest BCUT2D eigenvalue weighted by Crippen LogP contribution is 2.16. The maximum Gasteiger partial charge on any atom is 0.331 e. The largest absolute Gasteiger partial charge is 0.452 e. The van der Waals surface area contributed by atoms with Crippen molar-refractivity contribution in [1.82, 2.24) is 0 Å². The highest BCUT2D eigenvalue weighted by Gasteiger charge is 2.05. The first-order valence-electron chi connectivity index (χ1n) is 6.69. The van der Waals surface area contributed by atoms with Gasteiger partial charge in [-0.15, -0.1) is 0 Å². The van der Waals surface area contributed by atoms with Crippen LogP contribution in [0.25, 0.3) is 6.08 Å². The molecule has 0 radical (unpaired) electrons. The minimum absolute atomic E-state index is 0.0391. The van der Waals surface area contributed by atoms with Crippen LogP contribution in [-0.4, -0.2) is 18.5 Å². The summed E-state index contributed by atoms with van der Waals surface area (Å²) in [5.74, 6) is -1.67. The quantitative estimate of drug-likeness (QED) is 0.671. The molecule has 1 amide bonds. The van der Waals surface area contributed by atoms with E-state index in [0.717, 1.165) is 6.08 Å². The predicted octanol–water partition coefficient (Wildman–Crippen LogP) is 3.67. The van der Waals surface area contributed by atoms with Crippen molar-refractivity contribution in [2.75, 3.05) is 11.9 Å². The van der Waals surface area contributed by atoms with Crippen LogP contribution in [0.5, 0.6) is 0 Å². The summed E-state index contributed by atoms with van der Waals surface area (Å²) in [5, 5.41) is 2.55. The molecule has 2 aromatic rings. The average molecular weight is 334 g/mol. The summed E-state index contributed by atoms with van der Waals surface area (Å²) in [5.41, 5.74) is 1.16. The van der Waals surface area contributed by atoms with Crippen LogP contribution in [0.3, 0.4) is 0 Å². The molecule has 1 N–H and O–H groups in total. The standard InChI is InChI=1S/C17H13ClFNO3/c18-14-10-12(6-8-15(14)19)7-9-17(22)23-11-16(21)20-13-4-2-1-3-5-13/h1-10H,11H2,(H,20,21)/b9-7+. The van der Waals surface area contributed by atoms with E-state index in [9.17, 15) is 14.0 Å². The lowest BCUT2D eigenvalue weighted by Crippen LogP contribution is -2.20. The smallest absolute Gasteiger partial charge is 0.331 e. The summed E-state index contributed by atoms with van der Waals surface area (Å²) in [6.07, 6.45) is 2.56. The molecule has 2 aromatic carbocycles. The predicted molar refractivity (Wildman–Crippen MR) is 86.5 cm³/mol. The second kappa shape index (κ2) is 8.10.